The fraction of sp³-hybridized carbons (Fsp3) is 0.517. The van der Waals surface area contributed by atoms with Gasteiger partial charge in [0.1, 0.15) is 5.75 Å². The van der Waals surface area contributed by atoms with E-state index >= 15 is 4.39 Å². The fourth-order valence-electron chi connectivity index (χ4n) is 4.75. The molecule has 0 bridgehead atoms. The number of anilines is 1. The molecule has 8 nitrogen and oxygen atoms in total. The molecule has 0 spiro atoms. The Balaban J connectivity index is 2.01. The molecule has 1 heterocycles. The van der Waals surface area contributed by atoms with Crippen molar-refractivity contribution in [2.45, 2.75) is 53.0 Å². The van der Waals surface area contributed by atoms with Gasteiger partial charge in [-0.3, -0.25) is 4.79 Å². The Morgan fingerprint density at radius 2 is 1.87 bits per heavy atom. The molecular weight excluding hydrogens is 525 g/mol. The zero-order valence-electron chi connectivity index (χ0n) is 23.9. The van der Waals surface area contributed by atoms with Crippen LogP contribution in [0.15, 0.2) is 22.7 Å². The van der Waals surface area contributed by atoms with E-state index in [1.165, 1.54) is 0 Å². The van der Waals surface area contributed by atoms with Crippen LogP contribution in [0.5, 0.6) is 17.2 Å². The Labute approximate surface area is 235 Å². The highest BCUT2D eigenvalue weighted by molar-refractivity contribution is 6.23. The van der Waals surface area contributed by atoms with Crippen molar-refractivity contribution < 1.29 is 28.5 Å². The van der Waals surface area contributed by atoms with E-state index in [-0.39, 0.29) is 54.7 Å². The van der Waals surface area contributed by atoms with Crippen LogP contribution in [-0.2, 0) is 12.0 Å². The molecule has 1 aliphatic heterocycles. The number of aliphatic hydroxyl groups excluding tert-OH is 1. The van der Waals surface area contributed by atoms with Crippen molar-refractivity contribution in [3.63, 3.8) is 0 Å². The van der Waals surface area contributed by atoms with Crippen LogP contribution in [-0.4, -0.2) is 68.7 Å². The number of Topliss-reactive ketones (excluding diaryl/α,β-unsaturated/α-hetero) is 1. The Morgan fingerprint density at radius 3 is 2.44 bits per heavy atom. The van der Waals surface area contributed by atoms with Crippen molar-refractivity contribution in [1.82, 2.24) is 4.90 Å². The number of ether oxygens (including phenoxy) is 3. The summed E-state index contributed by atoms with van der Waals surface area (Å²) in [5, 5.41) is 9.33. The predicted octanol–water partition coefficient (Wildman–Crippen LogP) is 5.35. The second-order valence-electron chi connectivity index (χ2n) is 10.4. The number of carbonyl (C=O) groups excluding carboxylic acids is 1. The predicted molar refractivity (Wildman–Crippen MR) is 153 cm³/mol. The van der Waals surface area contributed by atoms with Crippen LogP contribution in [0.25, 0.3) is 0 Å². The van der Waals surface area contributed by atoms with Crippen molar-refractivity contribution in [2.75, 3.05) is 52.0 Å². The third kappa shape index (κ3) is 6.41. The summed E-state index contributed by atoms with van der Waals surface area (Å²) in [6.45, 7) is 11.2. The summed E-state index contributed by atoms with van der Waals surface area (Å²) in [4.78, 5) is 17.4. The Hall–Kier alpha value is -3.04. The van der Waals surface area contributed by atoms with Crippen LogP contribution < -0.4 is 19.1 Å². The average molecular weight is 564 g/mol. The largest absolute Gasteiger partial charge is 0.494 e. The molecule has 0 atom stereocenters. The second kappa shape index (κ2) is 12.9. The number of methoxy groups -OCH3 is 1. The van der Waals surface area contributed by atoms with Crippen molar-refractivity contribution in [1.29, 1.82) is 0 Å². The molecule has 0 saturated heterocycles. The van der Waals surface area contributed by atoms with Crippen LogP contribution in [0, 0.1) is 5.82 Å². The quantitative estimate of drug-likeness (QED) is 0.349. The molecule has 0 fully saturated rings. The SMILES string of the molecule is CCOc1cc2c(c(F)c1OCC)/C(=N/Cl)N(CC(=O)c1cc(N(C)CCCO)c(OC)c(C(C)(C)C)c1)C2. The van der Waals surface area contributed by atoms with Crippen LogP contribution >= 0.6 is 11.8 Å². The molecule has 39 heavy (non-hydrogen) atoms. The minimum Gasteiger partial charge on any atom is -0.494 e. The van der Waals surface area contributed by atoms with Crippen molar-refractivity contribution in [3.05, 3.63) is 46.3 Å². The van der Waals surface area contributed by atoms with E-state index in [0.29, 0.717) is 42.2 Å². The van der Waals surface area contributed by atoms with Gasteiger partial charge < -0.3 is 29.1 Å². The molecule has 0 aromatic heterocycles. The number of nitrogens with zero attached hydrogens (tertiary/aromatic N) is 3. The summed E-state index contributed by atoms with van der Waals surface area (Å²) >= 11 is 5.95. The van der Waals surface area contributed by atoms with Gasteiger partial charge in [0.15, 0.2) is 28.9 Å². The van der Waals surface area contributed by atoms with Gasteiger partial charge in [-0.05, 0) is 49.4 Å². The number of carbonyl (C=O) groups is 1. The molecule has 3 rings (SSSR count). The first-order valence-corrected chi connectivity index (χ1v) is 13.5. The summed E-state index contributed by atoms with van der Waals surface area (Å²) in [7, 11) is 3.51. The number of hydrogen-bond acceptors (Lipinski definition) is 7. The smallest absolute Gasteiger partial charge is 0.197 e. The van der Waals surface area contributed by atoms with E-state index in [1.54, 1.807) is 31.1 Å². The van der Waals surface area contributed by atoms with Gasteiger partial charge in [0.05, 0.1) is 38.1 Å². The number of rotatable bonds is 12. The van der Waals surface area contributed by atoms with Gasteiger partial charge in [-0.25, -0.2) is 4.39 Å². The van der Waals surface area contributed by atoms with Crippen LogP contribution in [0.2, 0.25) is 0 Å². The zero-order chi connectivity index (χ0) is 28.9. The van der Waals surface area contributed by atoms with Crippen LogP contribution in [0.4, 0.5) is 10.1 Å². The van der Waals surface area contributed by atoms with Gasteiger partial charge in [-0.1, -0.05) is 20.8 Å². The molecule has 2 aromatic carbocycles. The molecule has 0 aliphatic carbocycles. The van der Waals surface area contributed by atoms with Crippen molar-refractivity contribution >= 4 is 29.1 Å². The van der Waals surface area contributed by atoms with E-state index in [4.69, 9.17) is 26.0 Å². The summed E-state index contributed by atoms with van der Waals surface area (Å²) < 4.78 is 36.4. The van der Waals surface area contributed by atoms with Gasteiger partial charge in [0.25, 0.3) is 0 Å². The standard InChI is InChI=1S/C29H39ClFN3O5/c1-8-38-23-15-19-16-34(28(32-30)24(19)25(31)27(23)39-9-2)17-22(36)18-13-20(29(3,4)5)26(37-7)21(14-18)33(6)11-10-12-35/h13-15,35H,8-12,16-17H2,1-7H3/b32-28-. The summed E-state index contributed by atoms with van der Waals surface area (Å²) in [5.74, 6) is 0.375. The normalized spacial score (nSPS) is 14.0. The van der Waals surface area contributed by atoms with Gasteiger partial charge in [-0.15, -0.1) is 0 Å². The number of halogens is 2. The summed E-state index contributed by atoms with van der Waals surface area (Å²) in [5.41, 5.74) is 2.63. The topological polar surface area (TPSA) is 83.8 Å². The molecule has 214 valence electrons. The van der Waals surface area contributed by atoms with Crippen LogP contribution in [0.1, 0.15) is 68.1 Å². The second-order valence-corrected chi connectivity index (χ2v) is 10.6. The molecular formula is C29H39ClFN3O5. The number of benzene rings is 2. The van der Waals surface area contributed by atoms with Crippen LogP contribution in [0.3, 0.4) is 0 Å². The van der Waals surface area contributed by atoms with E-state index in [0.717, 1.165) is 11.3 Å². The van der Waals surface area contributed by atoms with E-state index in [1.807, 2.05) is 24.9 Å². The highest BCUT2D eigenvalue weighted by Gasteiger charge is 2.35. The fourth-order valence-corrected chi connectivity index (χ4v) is 4.95. The maximum absolute atomic E-state index is 15.6. The first-order valence-electron chi connectivity index (χ1n) is 13.1. The Kier molecular flexibility index (Phi) is 10.1. The molecule has 1 N–H and O–H groups in total. The van der Waals surface area contributed by atoms with Crippen molar-refractivity contribution in [2.24, 2.45) is 4.51 Å². The van der Waals surface area contributed by atoms with Gasteiger partial charge in [-0.2, -0.15) is 4.51 Å². The molecule has 2 aromatic rings. The highest BCUT2D eigenvalue weighted by atomic mass is 35.5. The molecule has 1 aliphatic rings. The molecule has 0 radical (unpaired) electrons. The van der Waals surface area contributed by atoms with E-state index in [2.05, 4.69) is 25.3 Å². The first kappa shape index (κ1) is 30.5. The number of ketones is 1. The summed E-state index contributed by atoms with van der Waals surface area (Å²) in [6, 6.07) is 5.38. The van der Waals surface area contributed by atoms with Gasteiger partial charge >= 0.3 is 0 Å². The minimum absolute atomic E-state index is 0.00428. The number of amidine groups is 1. The monoisotopic (exact) mass is 563 g/mol. The molecule has 0 saturated carbocycles. The summed E-state index contributed by atoms with van der Waals surface area (Å²) in [6.07, 6.45) is 0.573. The lowest BCUT2D eigenvalue weighted by Gasteiger charge is -2.29. The van der Waals surface area contributed by atoms with E-state index in [9.17, 15) is 9.90 Å². The number of fused-ring (bicyclic) bond motifs is 1. The highest BCUT2D eigenvalue weighted by Crippen LogP contribution is 2.41. The molecule has 0 unspecified atom stereocenters. The number of hydrogen-bond donors (Lipinski definition) is 1. The van der Waals surface area contributed by atoms with Gasteiger partial charge in [0, 0.05) is 49.6 Å². The minimum atomic E-state index is -0.612. The number of aliphatic hydroxyl groups is 1. The third-order valence-electron chi connectivity index (χ3n) is 6.62. The molecule has 0 amide bonds. The van der Waals surface area contributed by atoms with Crippen molar-refractivity contribution in [3.8, 4) is 17.2 Å². The third-order valence-corrected chi connectivity index (χ3v) is 6.78. The van der Waals surface area contributed by atoms with E-state index < -0.39 is 5.82 Å². The Morgan fingerprint density at radius 1 is 1.18 bits per heavy atom. The molecule has 10 heteroatoms. The maximum atomic E-state index is 15.6. The Bertz CT molecular complexity index is 1230. The maximum Gasteiger partial charge on any atom is 0.197 e. The zero-order valence-corrected chi connectivity index (χ0v) is 24.6. The average Bonchev–Trinajstić information content (AvgIpc) is 3.25. The lowest BCUT2D eigenvalue weighted by Crippen LogP contribution is -2.31. The lowest BCUT2D eigenvalue weighted by molar-refractivity contribution is 0.0963. The lowest BCUT2D eigenvalue weighted by atomic mass is 9.84. The van der Waals surface area contributed by atoms with Gasteiger partial charge in [0.2, 0.25) is 0 Å². The first-order chi connectivity index (χ1) is 18.5.